The number of hydrogen-bond donors (Lipinski definition) is 2. The van der Waals surface area contributed by atoms with Gasteiger partial charge in [-0.25, -0.2) is 4.79 Å². The highest BCUT2D eigenvalue weighted by Crippen LogP contribution is 2.39. The Hall–Kier alpha value is -2.99. The molecule has 4 rings (SSSR count). The summed E-state index contributed by atoms with van der Waals surface area (Å²) in [6.45, 7) is 1.82. The van der Waals surface area contributed by atoms with Crippen LogP contribution < -0.4 is 15.4 Å². The van der Waals surface area contributed by atoms with Crippen molar-refractivity contribution in [1.82, 2.24) is 10.2 Å². The van der Waals surface area contributed by atoms with E-state index < -0.39 is 6.04 Å². The molecule has 3 amide bonds. The Morgan fingerprint density at radius 3 is 2.55 bits per heavy atom. The molecular weight excluding hydrogens is 390 g/mol. The Kier molecular flexibility index (Phi) is 5.20. The molecule has 0 saturated heterocycles. The molecule has 2 aliphatic rings. The average molecular weight is 412 g/mol. The molecule has 2 aromatic carbocycles. The quantitative estimate of drug-likeness (QED) is 0.761. The van der Waals surface area contributed by atoms with Crippen molar-refractivity contribution in [2.75, 3.05) is 12.4 Å². The van der Waals surface area contributed by atoms with Gasteiger partial charge in [-0.3, -0.25) is 9.69 Å². The first-order valence-corrected chi connectivity index (χ1v) is 9.88. The SMILES string of the molecule is COc1ccccc1NC(=O)C1=C(C)N(C2CC2)C(=O)N[C@H]1c1ccccc1Cl. The average Bonchev–Trinajstić information content (AvgIpc) is 3.53. The maximum Gasteiger partial charge on any atom is 0.322 e. The van der Waals surface area contributed by atoms with E-state index in [1.165, 1.54) is 0 Å². The fourth-order valence-electron chi connectivity index (χ4n) is 3.70. The van der Waals surface area contributed by atoms with Gasteiger partial charge < -0.3 is 15.4 Å². The standard InChI is InChI=1S/C22H22ClN3O3/c1-13-19(21(27)24-17-9-5-6-10-18(17)29-2)20(15-7-3-4-8-16(15)23)25-22(28)26(13)14-11-12-14/h3-10,14,20H,11-12H2,1-2H3,(H,24,27)(H,25,28)/t20-/m0/s1. The molecule has 0 spiro atoms. The number of nitrogens with zero attached hydrogens (tertiary/aromatic N) is 1. The molecule has 1 saturated carbocycles. The van der Waals surface area contributed by atoms with Gasteiger partial charge >= 0.3 is 6.03 Å². The van der Waals surface area contributed by atoms with E-state index in [-0.39, 0.29) is 18.0 Å². The number of hydrogen-bond acceptors (Lipinski definition) is 3. The van der Waals surface area contributed by atoms with E-state index in [2.05, 4.69) is 10.6 Å². The molecule has 6 nitrogen and oxygen atoms in total. The lowest BCUT2D eigenvalue weighted by atomic mass is 9.94. The van der Waals surface area contributed by atoms with Crippen LogP contribution in [-0.2, 0) is 4.79 Å². The minimum Gasteiger partial charge on any atom is -0.495 e. The largest absolute Gasteiger partial charge is 0.495 e. The Morgan fingerprint density at radius 1 is 1.17 bits per heavy atom. The number of para-hydroxylation sites is 2. The van der Waals surface area contributed by atoms with E-state index in [0.717, 1.165) is 12.8 Å². The number of amides is 3. The zero-order valence-electron chi connectivity index (χ0n) is 16.2. The van der Waals surface area contributed by atoms with E-state index in [4.69, 9.17) is 16.3 Å². The summed E-state index contributed by atoms with van der Waals surface area (Å²) in [6, 6.07) is 13.7. The van der Waals surface area contributed by atoms with Gasteiger partial charge in [-0.05, 0) is 43.5 Å². The van der Waals surface area contributed by atoms with Gasteiger partial charge in [0.15, 0.2) is 0 Å². The molecule has 0 unspecified atom stereocenters. The van der Waals surface area contributed by atoms with Gasteiger partial charge in [-0.15, -0.1) is 0 Å². The van der Waals surface area contributed by atoms with Crippen molar-refractivity contribution >= 4 is 29.2 Å². The van der Waals surface area contributed by atoms with E-state index in [1.807, 2.05) is 37.3 Å². The summed E-state index contributed by atoms with van der Waals surface area (Å²) in [6.07, 6.45) is 1.87. The summed E-state index contributed by atoms with van der Waals surface area (Å²) in [7, 11) is 1.55. The van der Waals surface area contributed by atoms with E-state index in [1.54, 1.807) is 30.2 Å². The van der Waals surface area contributed by atoms with Gasteiger partial charge in [-0.1, -0.05) is 41.9 Å². The molecule has 150 valence electrons. The third kappa shape index (κ3) is 3.68. The number of halogens is 1. The Morgan fingerprint density at radius 2 is 1.86 bits per heavy atom. The molecule has 2 aromatic rings. The van der Waals surface area contributed by atoms with Gasteiger partial charge in [-0.2, -0.15) is 0 Å². The van der Waals surface area contributed by atoms with Crippen molar-refractivity contribution in [3.8, 4) is 5.75 Å². The predicted molar refractivity (Wildman–Crippen MR) is 112 cm³/mol. The molecule has 1 aliphatic heterocycles. The van der Waals surface area contributed by atoms with Crippen LogP contribution >= 0.6 is 11.6 Å². The predicted octanol–water partition coefficient (Wildman–Crippen LogP) is 4.49. The van der Waals surface area contributed by atoms with Crippen molar-refractivity contribution in [3.05, 3.63) is 70.4 Å². The lowest BCUT2D eigenvalue weighted by Gasteiger charge is -2.36. The highest BCUT2D eigenvalue weighted by molar-refractivity contribution is 6.31. The lowest BCUT2D eigenvalue weighted by molar-refractivity contribution is -0.113. The molecule has 0 bridgehead atoms. The zero-order valence-corrected chi connectivity index (χ0v) is 17.0. The smallest absolute Gasteiger partial charge is 0.322 e. The van der Waals surface area contributed by atoms with Gasteiger partial charge in [0.2, 0.25) is 0 Å². The van der Waals surface area contributed by atoms with Crippen LogP contribution in [0.2, 0.25) is 5.02 Å². The van der Waals surface area contributed by atoms with Crippen molar-refractivity contribution in [2.24, 2.45) is 0 Å². The summed E-state index contributed by atoms with van der Waals surface area (Å²) < 4.78 is 5.35. The number of rotatable bonds is 5. The highest BCUT2D eigenvalue weighted by atomic mass is 35.5. The number of anilines is 1. The molecule has 1 aliphatic carbocycles. The fourth-order valence-corrected chi connectivity index (χ4v) is 3.95. The van der Waals surface area contributed by atoms with E-state index in [0.29, 0.717) is 33.3 Å². The lowest BCUT2D eigenvalue weighted by Crippen LogP contribution is -2.49. The first-order valence-electron chi connectivity index (χ1n) is 9.50. The van der Waals surface area contributed by atoms with E-state index in [9.17, 15) is 9.59 Å². The normalized spacial score (nSPS) is 19.1. The van der Waals surface area contributed by atoms with E-state index >= 15 is 0 Å². The van der Waals surface area contributed by atoms with Crippen LogP contribution in [0.5, 0.6) is 5.75 Å². The minimum atomic E-state index is -0.638. The molecule has 1 heterocycles. The monoisotopic (exact) mass is 411 g/mol. The topological polar surface area (TPSA) is 70.7 Å². The fraction of sp³-hybridized carbons (Fsp3) is 0.273. The second-order valence-corrected chi connectivity index (χ2v) is 7.57. The molecule has 7 heteroatoms. The Labute approximate surface area is 174 Å². The minimum absolute atomic E-state index is 0.135. The summed E-state index contributed by atoms with van der Waals surface area (Å²) in [4.78, 5) is 27.9. The summed E-state index contributed by atoms with van der Waals surface area (Å²) in [5.41, 5.74) is 2.36. The van der Waals surface area contributed by atoms with Crippen molar-refractivity contribution < 1.29 is 14.3 Å². The highest BCUT2D eigenvalue weighted by Gasteiger charge is 2.42. The van der Waals surface area contributed by atoms with Crippen LogP contribution in [0.3, 0.4) is 0 Å². The molecule has 1 atom stereocenters. The van der Waals surface area contributed by atoms with Gasteiger partial charge in [0.1, 0.15) is 5.75 Å². The summed E-state index contributed by atoms with van der Waals surface area (Å²) in [5.74, 6) is 0.259. The van der Waals surface area contributed by atoms with Gasteiger partial charge in [0.05, 0.1) is 24.4 Å². The third-order valence-corrected chi connectivity index (χ3v) is 5.60. The second kappa shape index (κ2) is 7.79. The molecule has 29 heavy (non-hydrogen) atoms. The zero-order chi connectivity index (χ0) is 20.5. The van der Waals surface area contributed by atoms with Crippen LogP contribution in [0, 0.1) is 0 Å². The number of carbonyl (C=O) groups is 2. The van der Waals surface area contributed by atoms with Gasteiger partial charge in [0, 0.05) is 16.8 Å². The maximum atomic E-state index is 13.4. The first-order chi connectivity index (χ1) is 14.0. The van der Waals surface area contributed by atoms with Crippen LogP contribution in [0.1, 0.15) is 31.4 Å². The number of benzene rings is 2. The van der Waals surface area contributed by atoms with Crippen LogP contribution in [0.15, 0.2) is 59.8 Å². The number of ether oxygens (including phenoxy) is 1. The number of nitrogens with one attached hydrogen (secondary N) is 2. The summed E-state index contributed by atoms with van der Waals surface area (Å²) >= 11 is 6.40. The number of allylic oxidation sites excluding steroid dienone is 1. The summed E-state index contributed by atoms with van der Waals surface area (Å²) in [5, 5.41) is 6.40. The third-order valence-electron chi connectivity index (χ3n) is 5.25. The number of urea groups is 1. The molecule has 2 N–H and O–H groups in total. The van der Waals surface area contributed by atoms with Crippen LogP contribution in [-0.4, -0.2) is 30.0 Å². The first kappa shape index (κ1) is 19.3. The second-order valence-electron chi connectivity index (χ2n) is 7.16. The van der Waals surface area contributed by atoms with Crippen molar-refractivity contribution in [1.29, 1.82) is 0 Å². The van der Waals surface area contributed by atoms with Gasteiger partial charge in [0.25, 0.3) is 5.91 Å². The Balaban J connectivity index is 1.77. The molecule has 1 fully saturated rings. The van der Waals surface area contributed by atoms with Crippen LogP contribution in [0.4, 0.5) is 10.5 Å². The van der Waals surface area contributed by atoms with Crippen LogP contribution in [0.25, 0.3) is 0 Å². The molecule has 0 radical (unpaired) electrons. The van der Waals surface area contributed by atoms with Crippen molar-refractivity contribution in [3.63, 3.8) is 0 Å². The van der Waals surface area contributed by atoms with Crippen molar-refractivity contribution in [2.45, 2.75) is 31.8 Å². The maximum absolute atomic E-state index is 13.4. The Bertz CT molecular complexity index is 1000. The molecular formula is C22H22ClN3O3. The number of carbonyl (C=O) groups excluding carboxylic acids is 2. The number of methoxy groups -OCH3 is 1. The molecule has 0 aromatic heterocycles.